The number of carbonyl (C=O) groups is 1. The predicted octanol–water partition coefficient (Wildman–Crippen LogP) is 2.92. The lowest BCUT2D eigenvalue weighted by molar-refractivity contribution is -0.107. The van der Waals surface area contributed by atoms with E-state index in [4.69, 9.17) is 0 Å². The van der Waals surface area contributed by atoms with Crippen molar-refractivity contribution in [3.8, 4) is 0 Å². The Morgan fingerprint density at radius 2 is 1.64 bits per heavy atom. The minimum Gasteiger partial charge on any atom is -0.303 e. The highest BCUT2D eigenvalue weighted by Gasteiger charge is 1.83. The molecule has 0 unspecified atom stereocenters. The third-order valence-electron chi connectivity index (χ3n) is 1.48. The van der Waals surface area contributed by atoms with Gasteiger partial charge in [0, 0.05) is 6.42 Å². The Balaban J connectivity index is 2.94. The van der Waals surface area contributed by atoms with E-state index in [1.54, 1.807) is 0 Å². The fourth-order valence-electron chi connectivity index (χ4n) is 0.843. The van der Waals surface area contributed by atoms with Gasteiger partial charge in [-0.05, 0) is 32.1 Å². The lowest BCUT2D eigenvalue weighted by Gasteiger charge is -1.90. The molecule has 0 aliphatic heterocycles. The second kappa shape index (κ2) is 9.41. The number of aldehydes is 1. The molecule has 0 N–H and O–H groups in total. The van der Waals surface area contributed by atoms with Crippen molar-refractivity contribution in [3.63, 3.8) is 0 Å². The normalized spacial score (nSPS) is 10.6. The van der Waals surface area contributed by atoms with Crippen molar-refractivity contribution in [2.45, 2.75) is 38.5 Å². The number of unbranched alkanes of at least 4 members (excludes halogenated alkanes) is 4. The van der Waals surface area contributed by atoms with Crippen LogP contribution in [0.1, 0.15) is 38.5 Å². The number of hydrogen-bond acceptors (Lipinski definition) is 1. The summed E-state index contributed by atoms with van der Waals surface area (Å²) in [4.78, 5) is 9.91. The summed E-state index contributed by atoms with van der Waals surface area (Å²) in [7, 11) is 0. The summed E-state index contributed by atoms with van der Waals surface area (Å²) in [5.74, 6) is 0. The molecule has 0 atom stereocenters. The van der Waals surface area contributed by atoms with E-state index in [0.29, 0.717) is 6.42 Å². The van der Waals surface area contributed by atoms with Crippen molar-refractivity contribution in [2.75, 3.05) is 0 Å². The van der Waals surface area contributed by atoms with E-state index < -0.39 is 0 Å². The van der Waals surface area contributed by atoms with Crippen LogP contribution in [0.3, 0.4) is 0 Å². The Morgan fingerprint density at radius 3 is 2.27 bits per heavy atom. The van der Waals surface area contributed by atoms with E-state index in [1.165, 1.54) is 0 Å². The Bertz CT molecular complexity index is 105. The van der Waals surface area contributed by atoms with Gasteiger partial charge in [-0.25, -0.2) is 0 Å². The molecule has 0 aromatic carbocycles. The van der Waals surface area contributed by atoms with Gasteiger partial charge in [0.15, 0.2) is 0 Å². The monoisotopic (exact) mass is 153 g/mol. The van der Waals surface area contributed by atoms with E-state index in [-0.39, 0.29) is 0 Å². The highest BCUT2D eigenvalue weighted by atomic mass is 16.1. The van der Waals surface area contributed by atoms with Crippen molar-refractivity contribution < 1.29 is 4.79 Å². The summed E-state index contributed by atoms with van der Waals surface area (Å²) in [6, 6.07) is 0. The van der Waals surface area contributed by atoms with E-state index in [0.717, 1.165) is 38.4 Å². The maximum absolute atomic E-state index is 9.91. The van der Waals surface area contributed by atoms with Crippen molar-refractivity contribution in [3.05, 3.63) is 19.1 Å². The van der Waals surface area contributed by atoms with Crippen LogP contribution in [-0.2, 0) is 4.79 Å². The Hall–Kier alpha value is -0.590. The minimum atomic E-state index is 0.711. The number of hydrogen-bond donors (Lipinski definition) is 0. The van der Waals surface area contributed by atoms with E-state index in [9.17, 15) is 4.79 Å². The zero-order chi connectivity index (χ0) is 8.36. The average molecular weight is 153 g/mol. The first-order chi connectivity index (χ1) is 5.41. The van der Waals surface area contributed by atoms with Crippen LogP contribution < -0.4 is 0 Å². The van der Waals surface area contributed by atoms with Crippen LogP contribution in [0.2, 0.25) is 0 Å². The molecule has 63 valence electrons. The average Bonchev–Trinajstić information content (AvgIpc) is 2.03. The fourth-order valence-corrected chi connectivity index (χ4v) is 0.843. The highest BCUT2D eigenvalue weighted by molar-refractivity contribution is 5.48. The van der Waals surface area contributed by atoms with Crippen LogP contribution in [0.15, 0.2) is 12.2 Å². The summed E-state index contributed by atoms with van der Waals surface area (Å²) in [5, 5.41) is 0. The molecule has 1 radical (unpaired) electrons. The summed E-state index contributed by atoms with van der Waals surface area (Å²) in [5.41, 5.74) is 0. The molecule has 0 heterocycles. The SMILES string of the molecule is [CH2]CCC=CCCCCC=O. The summed E-state index contributed by atoms with van der Waals surface area (Å²) >= 11 is 0. The van der Waals surface area contributed by atoms with E-state index in [2.05, 4.69) is 19.1 Å². The van der Waals surface area contributed by atoms with Gasteiger partial charge in [-0.1, -0.05) is 19.1 Å². The van der Waals surface area contributed by atoms with Crippen LogP contribution in [-0.4, -0.2) is 6.29 Å². The molecule has 1 heteroatoms. The predicted molar refractivity (Wildman–Crippen MR) is 48.3 cm³/mol. The molecule has 0 spiro atoms. The fraction of sp³-hybridized carbons (Fsp3) is 0.600. The van der Waals surface area contributed by atoms with Crippen molar-refractivity contribution >= 4 is 6.29 Å². The van der Waals surface area contributed by atoms with Crippen molar-refractivity contribution in [1.82, 2.24) is 0 Å². The number of carbonyl (C=O) groups excluding carboxylic acids is 1. The standard InChI is InChI=1S/C10H17O/c1-2-3-4-5-6-7-8-9-10-11/h4-5,10H,1-3,6-9H2. The summed E-state index contributed by atoms with van der Waals surface area (Å²) in [6.45, 7) is 3.74. The smallest absolute Gasteiger partial charge is 0.119 e. The van der Waals surface area contributed by atoms with Crippen LogP contribution in [0.5, 0.6) is 0 Å². The molecule has 0 fully saturated rings. The minimum absolute atomic E-state index is 0.711. The zero-order valence-electron chi connectivity index (χ0n) is 7.09. The first-order valence-corrected chi connectivity index (χ1v) is 4.29. The second-order valence-electron chi connectivity index (χ2n) is 2.56. The van der Waals surface area contributed by atoms with Gasteiger partial charge in [-0.15, -0.1) is 0 Å². The third-order valence-corrected chi connectivity index (χ3v) is 1.48. The van der Waals surface area contributed by atoms with Gasteiger partial charge in [0.1, 0.15) is 6.29 Å². The molecular formula is C10H17O. The van der Waals surface area contributed by atoms with Gasteiger partial charge in [0.25, 0.3) is 0 Å². The van der Waals surface area contributed by atoms with E-state index >= 15 is 0 Å². The highest BCUT2D eigenvalue weighted by Crippen LogP contribution is 1.99. The van der Waals surface area contributed by atoms with Crippen LogP contribution in [0.25, 0.3) is 0 Å². The van der Waals surface area contributed by atoms with Gasteiger partial charge in [-0.2, -0.15) is 0 Å². The Kier molecular flexibility index (Phi) is 8.91. The molecule has 0 aliphatic rings. The van der Waals surface area contributed by atoms with Gasteiger partial charge in [-0.3, -0.25) is 0 Å². The molecule has 0 aromatic rings. The lowest BCUT2D eigenvalue weighted by Crippen LogP contribution is -1.75. The van der Waals surface area contributed by atoms with Gasteiger partial charge in [0.05, 0.1) is 0 Å². The van der Waals surface area contributed by atoms with Gasteiger partial charge < -0.3 is 4.79 Å². The summed E-state index contributed by atoms with van der Waals surface area (Å²) in [6.07, 6.45) is 11.4. The third kappa shape index (κ3) is 9.41. The molecule has 0 aromatic heterocycles. The first kappa shape index (κ1) is 10.4. The molecule has 0 rings (SSSR count). The number of rotatable bonds is 7. The van der Waals surface area contributed by atoms with Crippen LogP contribution in [0, 0.1) is 6.92 Å². The topological polar surface area (TPSA) is 17.1 Å². The molecule has 0 amide bonds. The first-order valence-electron chi connectivity index (χ1n) is 4.29. The maximum atomic E-state index is 9.91. The zero-order valence-corrected chi connectivity index (χ0v) is 7.09. The Labute approximate surface area is 69.5 Å². The van der Waals surface area contributed by atoms with Gasteiger partial charge >= 0.3 is 0 Å². The van der Waals surface area contributed by atoms with Crippen molar-refractivity contribution in [1.29, 1.82) is 0 Å². The van der Waals surface area contributed by atoms with Crippen LogP contribution in [0.4, 0.5) is 0 Å². The molecule has 1 nitrogen and oxygen atoms in total. The number of allylic oxidation sites excluding steroid dienone is 2. The molecule has 0 bridgehead atoms. The molecular weight excluding hydrogens is 136 g/mol. The lowest BCUT2D eigenvalue weighted by atomic mass is 10.2. The van der Waals surface area contributed by atoms with E-state index in [1.807, 2.05) is 0 Å². The van der Waals surface area contributed by atoms with Crippen molar-refractivity contribution in [2.24, 2.45) is 0 Å². The molecule has 0 aliphatic carbocycles. The molecule has 11 heavy (non-hydrogen) atoms. The van der Waals surface area contributed by atoms with Crippen LogP contribution >= 0.6 is 0 Å². The quantitative estimate of drug-likeness (QED) is 0.312. The molecule has 0 saturated heterocycles. The maximum Gasteiger partial charge on any atom is 0.119 e. The second-order valence-corrected chi connectivity index (χ2v) is 2.56. The summed E-state index contributed by atoms with van der Waals surface area (Å²) < 4.78 is 0. The molecule has 0 saturated carbocycles. The van der Waals surface area contributed by atoms with Gasteiger partial charge in [0.2, 0.25) is 0 Å². The Morgan fingerprint density at radius 1 is 1.00 bits per heavy atom. The largest absolute Gasteiger partial charge is 0.303 e.